The minimum Gasteiger partial charge on any atom is -0.383 e. The summed E-state index contributed by atoms with van der Waals surface area (Å²) in [5, 5.41) is 0. The lowest BCUT2D eigenvalue weighted by Gasteiger charge is -2.34. The van der Waals surface area contributed by atoms with Crippen LogP contribution >= 0.6 is 0 Å². The van der Waals surface area contributed by atoms with Gasteiger partial charge in [-0.25, -0.2) is 0 Å². The lowest BCUT2D eigenvalue weighted by Crippen LogP contribution is -2.40. The van der Waals surface area contributed by atoms with E-state index in [2.05, 4.69) is 11.9 Å². The Kier molecular flexibility index (Phi) is 1.90. The van der Waals surface area contributed by atoms with E-state index in [4.69, 9.17) is 4.74 Å². The number of methoxy groups -OCH3 is 1. The Balaban J connectivity index is 1.92. The first-order chi connectivity index (χ1) is 5.33. The highest BCUT2D eigenvalue weighted by atomic mass is 16.5. The van der Waals surface area contributed by atoms with E-state index >= 15 is 0 Å². The Morgan fingerprint density at radius 2 is 2.27 bits per heavy atom. The van der Waals surface area contributed by atoms with Crippen LogP contribution in [0.25, 0.3) is 0 Å². The maximum Gasteiger partial charge on any atom is 0.0618 e. The molecule has 2 unspecified atom stereocenters. The van der Waals surface area contributed by atoms with Crippen LogP contribution in [0.4, 0.5) is 0 Å². The molecule has 1 aliphatic heterocycles. The summed E-state index contributed by atoms with van der Waals surface area (Å²) in [4.78, 5) is 2.51. The van der Waals surface area contributed by atoms with Gasteiger partial charge in [-0.15, -0.1) is 0 Å². The normalized spacial score (nSPS) is 43.6. The van der Waals surface area contributed by atoms with Crippen molar-refractivity contribution in [3.63, 3.8) is 0 Å². The molecule has 0 radical (unpaired) electrons. The van der Waals surface area contributed by atoms with E-state index in [1.165, 1.54) is 19.3 Å². The lowest BCUT2D eigenvalue weighted by atomic mass is 9.80. The van der Waals surface area contributed by atoms with Crippen molar-refractivity contribution in [3.05, 3.63) is 0 Å². The number of likely N-dealkylation sites (tertiary alicyclic amines) is 1. The van der Waals surface area contributed by atoms with Gasteiger partial charge in [0, 0.05) is 19.2 Å². The first-order valence-corrected chi connectivity index (χ1v) is 4.54. The van der Waals surface area contributed by atoms with Crippen molar-refractivity contribution in [2.75, 3.05) is 20.8 Å². The van der Waals surface area contributed by atoms with E-state index in [0.29, 0.717) is 6.04 Å². The van der Waals surface area contributed by atoms with Crippen molar-refractivity contribution in [1.29, 1.82) is 0 Å². The standard InChI is InChI=1S/C9H17NO/c1-10-8(6-11-2)5-7-3-4-9(7)10/h7-9H,3-6H2,1-2H3/t7?,8-,9?/m0/s1. The molecule has 1 saturated heterocycles. The van der Waals surface area contributed by atoms with Gasteiger partial charge in [-0.1, -0.05) is 0 Å². The fourth-order valence-electron chi connectivity index (χ4n) is 2.53. The number of likely N-dealkylation sites (N-methyl/N-ethyl adjacent to an activating group) is 1. The second-order valence-corrected chi connectivity index (χ2v) is 3.92. The molecule has 0 bridgehead atoms. The highest BCUT2D eigenvalue weighted by Gasteiger charge is 2.43. The number of ether oxygens (including phenoxy) is 1. The average Bonchev–Trinajstić information content (AvgIpc) is 2.11. The summed E-state index contributed by atoms with van der Waals surface area (Å²) in [6.07, 6.45) is 4.24. The average molecular weight is 155 g/mol. The molecule has 2 fully saturated rings. The number of hydrogen-bond acceptors (Lipinski definition) is 2. The van der Waals surface area contributed by atoms with Crippen LogP contribution in [0.1, 0.15) is 19.3 Å². The van der Waals surface area contributed by atoms with E-state index in [0.717, 1.165) is 18.6 Å². The SMILES string of the molecule is COC[C@@H]1CC2CCC2N1C. The second kappa shape index (κ2) is 2.76. The Bertz CT molecular complexity index is 148. The Morgan fingerprint density at radius 3 is 2.64 bits per heavy atom. The van der Waals surface area contributed by atoms with Gasteiger partial charge in [-0.05, 0) is 32.2 Å². The molecular weight excluding hydrogens is 138 g/mol. The van der Waals surface area contributed by atoms with E-state index in [-0.39, 0.29) is 0 Å². The third kappa shape index (κ3) is 1.09. The Labute approximate surface area is 68.5 Å². The minimum absolute atomic E-state index is 0.706. The molecule has 11 heavy (non-hydrogen) atoms. The maximum atomic E-state index is 5.18. The zero-order valence-electron chi connectivity index (χ0n) is 7.42. The van der Waals surface area contributed by atoms with Crippen molar-refractivity contribution >= 4 is 0 Å². The molecule has 2 rings (SSSR count). The van der Waals surface area contributed by atoms with Crippen LogP contribution in [0, 0.1) is 5.92 Å². The summed E-state index contributed by atoms with van der Waals surface area (Å²) in [5.41, 5.74) is 0. The molecule has 2 nitrogen and oxygen atoms in total. The predicted molar refractivity (Wildman–Crippen MR) is 44.6 cm³/mol. The molecule has 0 aromatic rings. The molecule has 2 aliphatic rings. The fourth-order valence-corrected chi connectivity index (χ4v) is 2.53. The van der Waals surface area contributed by atoms with Gasteiger partial charge in [0.25, 0.3) is 0 Å². The quantitative estimate of drug-likeness (QED) is 0.592. The number of rotatable bonds is 2. The molecular formula is C9H17NO. The highest BCUT2D eigenvalue weighted by Crippen LogP contribution is 2.42. The molecule has 0 spiro atoms. The Hall–Kier alpha value is -0.0800. The summed E-state index contributed by atoms with van der Waals surface area (Å²) in [7, 11) is 4.04. The van der Waals surface area contributed by atoms with Gasteiger partial charge >= 0.3 is 0 Å². The van der Waals surface area contributed by atoms with Gasteiger partial charge in [0.15, 0.2) is 0 Å². The Morgan fingerprint density at radius 1 is 1.45 bits per heavy atom. The lowest BCUT2D eigenvalue weighted by molar-refractivity contribution is 0.0976. The third-order valence-corrected chi connectivity index (χ3v) is 3.41. The summed E-state index contributed by atoms with van der Waals surface area (Å²) in [6.45, 7) is 0.920. The molecule has 1 saturated carbocycles. The van der Waals surface area contributed by atoms with E-state index in [1.54, 1.807) is 7.11 Å². The maximum absolute atomic E-state index is 5.18. The molecule has 64 valence electrons. The van der Waals surface area contributed by atoms with Crippen LogP contribution in [0.2, 0.25) is 0 Å². The van der Waals surface area contributed by atoms with Crippen molar-refractivity contribution < 1.29 is 4.74 Å². The smallest absolute Gasteiger partial charge is 0.0618 e. The summed E-state index contributed by atoms with van der Waals surface area (Å²) < 4.78 is 5.18. The van der Waals surface area contributed by atoms with Gasteiger partial charge in [-0.3, -0.25) is 4.90 Å². The highest BCUT2D eigenvalue weighted by molar-refractivity contribution is 4.98. The van der Waals surface area contributed by atoms with Crippen molar-refractivity contribution in [2.45, 2.75) is 31.3 Å². The molecule has 0 amide bonds. The minimum atomic E-state index is 0.706. The molecule has 0 aromatic heterocycles. The summed E-state index contributed by atoms with van der Waals surface area (Å²) in [5.74, 6) is 1.00. The van der Waals surface area contributed by atoms with Crippen molar-refractivity contribution in [1.82, 2.24) is 4.90 Å². The summed E-state index contributed by atoms with van der Waals surface area (Å²) in [6, 6.07) is 1.60. The molecule has 3 atom stereocenters. The predicted octanol–water partition coefficient (Wildman–Crippen LogP) is 1.12. The van der Waals surface area contributed by atoms with Crippen LogP contribution in [-0.4, -0.2) is 37.7 Å². The molecule has 0 aromatic carbocycles. The van der Waals surface area contributed by atoms with Gasteiger partial charge < -0.3 is 4.74 Å². The van der Waals surface area contributed by atoms with Gasteiger partial charge in [-0.2, -0.15) is 0 Å². The van der Waals surface area contributed by atoms with Crippen LogP contribution < -0.4 is 0 Å². The third-order valence-electron chi connectivity index (χ3n) is 3.41. The van der Waals surface area contributed by atoms with Crippen molar-refractivity contribution in [3.8, 4) is 0 Å². The first kappa shape index (κ1) is 7.56. The largest absolute Gasteiger partial charge is 0.383 e. The van der Waals surface area contributed by atoms with Crippen LogP contribution in [0.5, 0.6) is 0 Å². The number of fused-ring (bicyclic) bond motifs is 1. The van der Waals surface area contributed by atoms with Crippen molar-refractivity contribution in [2.24, 2.45) is 5.92 Å². The zero-order chi connectivity index (χ0) is 7.84. The van der Waals surface area contributed by atoms with Gasteiger partial charge in [0.1, 0.15) is 0 Å². The van der Waals surface area contributed by atoms with Crippen LogP contribution in [0.15, 0.2) is 0 Å². The van der Waals surface area contributed by atoms with Gasteiger partial charge in [0.05, 0.1) is 6.61 Å². The number of hydrogen-bond donors (Lipinski definition) is 0. The van der Waals surface area contributed by atoms with E-state index in [1.807, 2.05) is 0 Å². The molecule has 0 N–H and O–H groups in total. The topological polar surface area (TPSA) is 12.5 Å². The van der Waals surface area contributed by atoms with E-state index < -0.39 is 0 Å². The first-order valence-electron chi connectivity index (χ1n) is 4.54. The molecule has 1 aliphatic carbocycles. The fraction of sp³-hybridized carbons (Fsp3) is 1.00. The molecule has 1 heterocycles. The van der Waals surface area contributed by atoms with Crippen LogP contribution in [0.3, 0.4) is 0 Å². The molecule has 2 heteroatoms. The van der Waals surface area contributed by atoms with E-state index in [9.17, 15) is 0 Å². The van der Waals surface area contributed by atoms with Gasteiger partial charge in [0.2, 0.25) is 0 Å². The summed E-state index contributed by atoms with van der Waals surface area (Å²) >= 11 is 0. The van der Waals surface area contributed by atoms with Crippen LogP contribution in [-0.2, 0) is 4.74 Å². The second-order valence-electron chi connectivity index (χ2n) is 3.92. The zero-order valence-corrected chi connectivity index (χ0v) is 7.42. The monoisotopic (exact) mass is 155 g/mol. The number of nitrogens with zero attached hydrogens (tertiary/aromatic N) is 1.